The number of esters is 2. The van der Waals surface area contributed by atoms with Crippen LogP contribution in [0.15, 0.2) is 0 Å². The van der Waals surface area contributed by atoms with Crippen LogP contribution in [0.25, 0.3) is 0 Å². The molecule has 0 aliphatic heterocycles. The van der Waals surface area contributed by atoms with Gasteiger partial charge in [-0.05, 0) is 6.42 Å². The Balaban J connectivity index is 3.67. The van der Waals surface area contributed by atoms with Gasteiger partial charge >= 0.3 is 11.9 Å². The van der Waals surface area contributed by atoms with Crippen molar-refractivity contribution in [2.75, 3.05) is 13.5 Å². The summed E-state index contributed by atoms with van der Waals surface area (Å²) in [5.74, 6) is -1.13. The largest absolute Gasteiger partial charge is 0.450 e. The Hall–Kier alpha value is -1.18. The monoisotopic (exact) mass is 205 g/mol. The van der Waals surface area contributed by atoms with Crippen molar-refractivity contribution in [2.45, 2.75) is 18.9 Å². The first kappa shape index (κ1) is 12.8. The average Bonchev–Trinajstić information content (AvgIpc) is 2.15. The topological polar surface area (TPSA) is 131 Å². The first-order valence-corrected chi connectivity index (χ1v) is 4.09. The summed E-state index contributed by atoms with van der Waals surface area (Å²) in [6, 6.07) is -0.858. The predicted molar refractivity (Wildman–Crippen MR) is 47.5 cm³/mol. The molecule has 1 atom stereocenters. The lowest BCUT2D eigenvalue weighted by Gasteiger charge is -2.09. The van der Waals surface area contributed by atoms with Gasteiger partial charge in [-0.15, -0.1) is 0 Å². The van der Waals surface area contributed by atoms with E-state index in [4.69, 9.17) is 17.2 Å². The molecule has 0 aliphatic carbocycles. The third-order valence-electron chi connectivity index (χ3n) is 1.43. The molecule has 0 saturated carbocycles. The molecular weight excluding hydrogens is 190 g/mol. The van der Waals surface area contributed by atoms with Gasteiger partial charge in [0.05, 0.1) is 0 Å². The number of hydrogen-bond acceptors (Lipinski definition) is 7. The van der Waals surface area contributed by atoms with E-state index in [0.717, 1.165) is 0 Å². The second-order valence-electron chi connectivity index (χ2n) is 2.46. The lowest BCUT2D eigenvalue weighted by atomic mass is 10.2. The summed E-state index contributed by atoms with van der Waals surface area (Å²) in [5, 5.41) is 0. The number of carbonyl (C=O) groups is 2. The van der Waals surface area contributed by atoms with Crippen LogP contribution in [-0.4, -0.2) is 31.4 Å². The van der Waals surface area contributed by atoms with Crippen LogP contribution in [0.1, 0.15) is 12.8 Å². The summed E-state index contributed by atoms with van der Waals surface area (Å²) in [7, 11) is 0. The number of ether oxygens (including phenoxy) is 2. The molecule has 0 heterocycles. The molecule has 6 N–H and O–H groups in total. The first-order chi connectivity index (χ1) is 6.61. The molecule has 0 fully saturated rings. The highest BCUT2D eigenvalue weighted by Gasteiger charge is 2.16. The van der Waals surface area contributed by atoms with Gasteiger partial charge in [0.15, 0.2) is 0 Å². The summed E-state index contributed by atoms with van der Waals surface area (Å²) in [5.41, 5.74) is 15.3. The minimum Gasteiger partial charge on any atom is -0.450 e. The maximum atomic E-state index is 10.9. The van der Waals surface area contributed by atoms with E-state index >= 15 is 0 Å². The lowest BCUT2D eigenvalue weighted by Crippen LogP contribution is -2.34. The van der Waals surface area contributed by atoms with Gasteiger partial charge in [0.2, 0.25) is 0 Å². The van der Waals surface area contributed by atoms with Crippen molar-refractivity contribution >= 4 is 11.9 Å². The quantitative estimate of drug-likeness (QED) is 0.338. The van der Waals surface area contributed by atoms with Crippen LogP contribution in [0.4, 0.5) is 0 Å². The Bertz CT molecular complexity index is 197. The average molecular weight is 205 g/mol. The molecule has 0 aromatic heterocycles. The van der Waals surface area contributed by atoms with Crippen molar-refractivity contribution in [3.63, 3.8) is 0 Å². The van der Waals surface area contributed by atoms with E-state index in [1.54, 1.807) is 0 Å². The highest BCUT2D eigenvalue weighted by molar-refractivity contribution is 5.77. The fourth-order valence-electron chi connectivity index (χ4n) is 0.745. The van der Waals surface area contributed by atoms with Gasteiger partial charge in [0, 0.05) is 6.42 Å². The van der Waals surface area contributed by atoms with E-state index in [1.165, 1.54) is 0 Å². The van der Waals surface area contributed by atoms with Gasteiger partial charge in [-0.2, -0.15) is 0 Å². The van der Waals surface area contributed by atoms with Gasteiger partial charge in [-0.1, -0.05) is 0 Å². The van der Waals surface area contributed by atoms with Gasteiger partial charge in [0.1, 0.15) is 19.5 Å². The zero-order valence-corrected chi connectivity index (χ0v) is 7.77. The Morgan fingerprint density at radius 1 is 1.14 bits per heavy atom. The fraction of sp³-hybridized carbons (Fsp3) is 0.714. The van der Waals surface area contributed by atoms with E-state index < -0.39 is 18.0 Å². The third kappa shape index (κ3) is 5.46. The van der Waals surface area contributed by atoms with Gasteiger partial charge in [-0.25, -0.2) is 0 Å². The van der Waals surface area contributed by atoms with E-state index in [9.17, 15) is 9.59 Å². The molecule has 0 spiro atoms. The molecule has 0 unspecified atom stereocenters. The molecule has 0 saturated heterocycles. The molecule has 0 aromatic rings. The number of rotatable bonds is 6. The molecule has 0 radical (unpaired) electrons. The van der Waals surface area contributed by atoms with Crippen molar-refractivity contribution in [2.24, 2.45) is 17.2 Å². The van der Waals surface area contributed by atoms with Crippen LogP contribution in [0.3, 0.4) is 0 Å². The Morgan fingerprint density at radius 3 is 2.21 bits per heavy atom. The normalized spacial score (nSPS) is 11.9. The molecule has 0 aromatic carbocycles. The predicted octanol–water partition coefficient (Wildman–Crippen LogP) is -1.99. The maximum Gasteiger partial charge on any atom is 0.324 e. The highest BCUT2D eigenvalue weighted by Crippen LogP contribution is 1.98. The van der Waals surface area contributed by atoms with Crippen molar-refractivity contribution in [1.82, 2.24) is 0 Å². The molecule has 0 aliphatic rings. The van der Waals surface area contributed by atoms with Crippen molar-refractivity contribution < 1.29 is 19.1 Å². The molecule has 7 nitrogen and oxygen atoms in total. The van der Waals surface area contributed by atoms with Crippen LogP contribution in [0.5, 0.6) is 0 Å². The standard InChI is InChI=1S/C7H15N3O4/c8-3-13-6(11)2-1-5(10)7(12)14-4-9/h5H,1-4,8-10H2/t5-/m0/s1. The van der Waals surface area contributed by atoms with Crippen LogP contribution in [0, 0.1) is 0 Å². The zero-order valence-electron chi connectivity index (χ0n) is 7.77. The van der Waals surface area contributed by atoms with Crippen molar-refractivity contribution in [1.29, 1.82) is 0 Å². The highest BCUT2D eigenvalue weighted by atomic mass is 16.5. The smallest absolute Gasteiger partial charge is 0.324 e. The minimum absolute atomic E-state index is 0.0258. The minimum atomic E-state index is -0.858. The molecule has 82 valence electrons. The molecule has 0 rings (SSSR count). The number of nitrogens with two attached hydrogens (primary N) is 3. The number of hydrogen-bond donors (Lipinski definition) is 3. The van der Waals surface area contributed by atoms with E-state index in [1.807, 2.05) is 0 Å². The van der Waals surface area contributed by atoms with E-state index in [-0.39, 0.29) is 26.3 Å². The van der Waals surface area contributed by atoms with Gasteiger partial charge < -0.3 is 15.2 Å². The van der Waals surface area contributed by atoms with Gasteiger partial charge in [-0.3, -0.25) is 21.1 Å². The molecule has 7 heteroatoms. The second-order valence-corrected chi connectivity index (χ2v) is 2.46. The molecule has 0 bridgehead atoms. The van der Waals surface area contributed by atoms with E-state index in [0.29, 0.717) is 0 Å². The molecular formula is C7H15N3O4. The fourth-order valence-corrected chi connectivity index (χ4v) is 0.745. The summed E-state index contributed by atoms with van der Waals surface area (Å²) >= 11 is 0. The first-order valence-electron chi connectivity index (χ1n) is 4.09. The number of carbonyl (C=O) groups excluding carboxylic acids is 2. The molecule has 14 heavy (non-hydrogen) atoms. The Labute approximate surface area is 81.5 Å². The van der Waals surface area contributed by atoms with Crippen LogP contribution in [0.2, 0.25) is 0 Å². The van der Waals surface area contributed by atoms with Crippen LogP contribution < -0.4 is 17.2 Å². The van der Waals surface area contributed by atoms with Gasteiger partial charge in [0.25, 0.3) is 0 Å². The second kappa shape index (κ2) is 7.25. The SMILES string of the molecule is NCOC(=O)CC[C@H](N)C(=O)OCN. The Morgan fingerprint density at radius 2 is 1.71 bits per heavy atom. The third-order valence-corrected chi connectivity index (χ3v) is 1.43. The lowest BCUT2D eigenvalue weighted by molar-refractivity contribution is -0.146. The summed E-state index contributed by atoms with van der Waals surface area (Å²) < 4.78 is 8.87. The summed E-state index contributed by atoms with van der Waals surface area (Å²) in [6.07, 6.45) is 0.176. The molecule has 0 amide bonds. The van der Waals surface area contributed by atoms with Crippen LogP contribution in [-0.2, 0) is 19.1 Å². The van der Waals surface area contributed by atoms with E-state index in [2.05, 4.69) is 9.47 Å². The summed E-state index contributed by atoms with van der Waals surface area (Å²) in [6.45, 7) is -0.402. The van der Waals surface area contributed by atoms with Crippen LogP contribution >= 0.6 is 0 Å². The summed E-state index contributed by atoms with van der Waals surface area (Å²) in [4.78, 5) is 21.7. The van der Waals surface area contributed by atoms with Crippen molar-refractivity contribution in [3.8, 4) is 0 Å². The maximum absolute atomic E-state index is 10.9. The van der Waals surface area contributed by atoms with Crippen molar-refractivity contribution in [3.05, 3.63) is 0 Å². The zero-order chi connectivity index (χ0) is 11.0. The Kier molecular flexibility index (Phi) is 6.63.